The maximum Gasteiger partial charge on any atom is 0.322 e. The van der Waals surface area contributed by atoms with Gasteiger partial charge in [0.05, 0.1) is 33.2 Å². The van der Waals surface area contributed by atoms with E-state index < -0.39 is 0 Å². The van der Waals surface area contributed by atoms with Crippen LogP contribution in [0, 0.1) is 6.92 Å². The minimum absolute atomic E-state index is 0.0168. The number of carbonyl (C=O) groups excluding carboxylic acids is 1. The van der Waals surface area contributed by atoms with Crippen molar-refractivity contribution in [3.63, 3.8) is 0 Å². The Labute approximate surface area is 102 Å². The molecule has 0 saturated carbocycles. The molecule has 2 amide bonds. The van der Waals surface area contributed by atoms with Crippen molar-refractivity contribution in [2.75, 3.05) is 38.5 Å². The van der Waals surface area contributed by atoms with Gasteiger partial charge in [0, 0.05) is 5.69 Å². The molecular formula is C13H20N3O+. The molecule has 0 bridgehead atoms. The first-order valence-corrected chi connectivity index (χ1v) is 6.09. The first-order chi connectivity index (χ1) is 8.15. The molecule has 1 aliphatic heterocycles. The van der Waals surface area contributed by atoms with Crippen LogP contribution in [0.2, 0.25) is 0 Å². The van der Waals surface area contributed by atoms with Crippen LogP contribution in [-0.4, -0.2) is 44.2 Å². The van der Waals surface area contributed by atoms with Crippen LogP contribution in [0.1, 0.15) is 5.56 Å². The van der Waals surface area contributed by atoms with Crippen LogP contribution >= 0.6 is 0 Å². The molecule has 4 heteroatoms. The Morgan fingerprint density at radius 3 is 2.71 bits per heavy atom. The Kier molecular flexibility index (Phi) is 3.64. The summed E-state index contributed by atoms with van der Waals surface area (Å²) in [6.45, 7) is 5.75. The number of benzene rings is 1. The highest BCUT2D eigenvalue weighted by Gasteiger charge is 2.21. The van der Waals surface area contributed by atoms with E-state index in [1.54, 1.807) is 0 Å². The van der Waals surface area contributed by atoms with E-state index in [0.29, 0.717) is 0 Å². The van der Waals surface area contributed by atoms with Gasteiger partial charge in [-0.3, -0.25) is 0 Å². The molecule has 1 saturated heterocycles. The second-order valence-corrected chi connectivity index (χ2v) is 4.74. The Balaban J connectivity index is 1.93. The van der Waals surface area contributed by atoms with Crippen LogP contribution in [-0.2, 0) is 0 Å². The van der Waals surface area contributed by atoms with Gasteiger partial charge in [0.25, 0.3) is 0 Å². The molecule has 2 N–H and O–H groups in total. The maximum atomic E-state index is 12.0. The van der Waals surface area contributed by atoms with Crippen molar-refractivity contribution in [1.82, 2.24) is 4.90 Å². The molecule has 0 aliphatic carbocycles. The molecule has 92 valence electrons. The lowest BCUT2D eigenvalue weighted by Gasteiger charge is -2.30. The lowest BCUT2D eigenvalue weighted by molar-refractivity contribution is -0.883. The summed E-state index contributed by atoms with van der Waals surface area (Å²) in [5, 5.41) is 2.95. The fraction of sp³-hybridized carbons (Fsp3) is 0.462. The van der Waals surface area contributed by atoms with E-state index in [2.05, 4.69) is 12.4 Å². The molecule has 17 heavy (non-hydrogen) atoms. The lowest BCUT2D eigenvalue weighted by atomic mass is 10.2. The van der Waals surface area contributed by atoms with Crippen LogP contribution < -0.4 is 10.2 Å². The number of carbonyl (C=O) groups is 1. The van der Waals surface area contributed by atoms with Gasteiger partial charge < -0.3 is 15.1 Å². The first-order valence-electron chi connectivity index (χ1n) is 6.09. The number of likely N-dealkylation sites (N-methyl/N-ethyl adjacent to an activating group) is 1. The zero-order chi connectivity index (χ0) is 12.3. The maximum absolute atomic E-state index is 12.0. The summed E-state index contributed by atoms with van der Waals surface area (Å²) in [7, 11) is 2.16. The Hall–Kier alpha value is -1.55. The Morgan fingerprint density at radius 1 is 1.35 bits per heavy atom. The van der Waals surface area contributed by atoms with Crippen molar-refractivity contribution in [3.05, 3.63) is 29.8 Å². The van der Waals surface area contributed by atoms with E-state index >= 15 is 0 Å². The number of nitrogens with zero attached hydrogens (tertiary/aromatic N) is 1. The summed E-state index contributed by atoms with van der Waals surface area (Å²) < 4.78 is 0. The molecule has 1 aliphatic rings. The van der Waals surface area contributed by atoms with Gasteiger partial charge in [-0.2, -0.15) is 0 Å². The largest absolute Gasteiger partial charge is 0.334 e. The molecule has 0 unspecified atom stereocenters. The number of nitrogens with one attached hydrogen (secondary N) is 2. The predicted octanol–water partition coefficient (Wildman–Crippen LogP) is 0.357. The number of hydrogen-bond acceptors (Lipinski definition) is 1. The number of quaternary nitrogens is 1. The van der Waals surface area contributed by atoms with Gasteiger partial charge in [0.15, 0.2) is 0 Å². The number of piperazine rings is 1. The normalized spacial score (nSPS) is 16.9. The van der Waals surface area contributed by atoms with E-state index in [-0.39, 0.29) is 6.03 Å². The SMILES string of the molecule is Cc1cccc(NC(=O)N2CC[NH+](C)CC2)c1. The zero-order valence-corrected chi connectivity index (χ0v) is 10.5. The zero-order valence-electron chi connectivity index (χ0n) is 10.5. The summed E-state index contributed by atoms with van der Waals surface area (Å²) in [6.07, 6.45) is 0. The van der Waals surface area contributed by atoms with Gasteiger partial charge in [0.2, 0.25) is 0 Å². The minimum Gasteiger partial charge on any atom is -0.334 e. The standard InChI is InChI=1S/C13H19N3O/c1-11-4-3-5-12(10-11)14-13(17)16-8-6-15(2)7-9-16/h3-5,10H,6-9H2,1-2H3,(H,14,17)/p+1. The van der Waals surface area contributed by atoms with Crippen LogP contribution in [0.5, 0.6) is 0 Å². The molecule has 0 radical (unpaired) electrons. The molecule has 1 aromatic rings. The van der Waals surface area contributed by atoms with Crippen molar-refractivity contribution in [2.24, 2.45) is 0 Å². The van der Waals surface area contributed by atoms with E-state index in [4.69, 9.17) is 0 Å². The molecule has 1 heterocycles. The second kappa shape index (κ2) is 5.19. The number of urea groups is 1. The Morgan fingerprint density at radius 2 is 2.06 bits per heavy atom. The third kappa shape index (κ3) is 3.20. The lowest BCUT2D eigenvalue weighted by Crippen LogP contribution is -3.12. The highest BCUT2D eigenvalue weighted by Crippen LogP contribution is 2.10. The van der Waals surface area contributed by atoms with Crippen molar-refractivity contribution < 1.29 is 9.69 Å². The highest BCUT2D eigenvalue weighted by molar-refractivity contribution is 5.89. The average molecular weight is 234 g/mol. The summed E-state index contributed by atoms with van der Waals surface area (Å²) in [4.78, 5) is 15.4. The molecule has 2 rings (SSSR count). The number of amides is 2. The fourth-order valence-corrected chi connectivity index (χ4v) is 2.02. The highest BCUT2D eigenvalue weighted by atomic mass is 16.2. The molecule has 0 aromatic heterocycles. The third-order valence-electron chi connectivity index (χ3n) is 3.17. The summed E-state index contributed by atoms with van der Waals surface area (Å²) in [5.41, 5.74) is 2.03. The first kappa shape index (κ1) is 11.9. The summed E-state index contributed by atoms with van der Waals surface area (Å²) in [6, 6.07) is 7.91. The van der Waals surface area contributed by atoms with Crippen LogP contribution in [0.3, 0.4) is 0 Å². The minimum atomic E-state index is 0.0168. The van der Waals surface area contributed by atoms with E-state index in [1.165, 1.54) is 4.90 Å². The van der Waals surface area contributed by atoms with E-state index in [9.17, 15) is 4.79 Å². The van der Waals surface area contributed by atoms with E-state index in [1.807, 2.05) is 36.1 Å². The van der Waals surface area contributed by atoms with Crippen LogP contribution in [0.25, 0.3) is 0 Å². The monoisotopic (exact) mass is 234 g/mol. The van der Waals surface area contributed by atoms with Gasteiger partial charge in [-0.1, -0.05) is 12.1 Å². The molecule has 1 fully saturated rings. The molecule has 0 atom stereocenters. The number of anilines is 1. The predicted molar refractivity (Wildman–Crippen MR) is 68.4 cm³/mol. The number of hydrogen-bond donors (Lipinski definition) is 2. The Bertz CT molecular complexity index is 397. The van der Waals surface area contributed by atoms with E-state index in [0.717, 1.165) is 37.4 Å². The quantitative estimate of drug-likeness (QED) is 0.723. The molecule has 4 nitrogen and oxygen atoms in total. The average Bonchev–Trinajstić information content (AvgIpc) is 2.29. The van der Waals surface area contributed by atoms with Crippen molar-refractivity contribution >= 4 is 11.7 Å². The molecule has 0 spiro atoms. The van der Waals surface area contributed by atoms with Crippen molar-refractivity contribution in [3.8, 4) is 0 Å². The molecular weight excluding hydrogens is 214 g/mol. The van der Waals surface area contributed by atoms with Crippen LogP contribution in [0.15, 0.2) is 24.3 Å². The van der Waals surface area contributed by atoms with Crippen LogP contribution in [0.4, 0.5) is 10.5 Å². The molecule has 1 aromatic carbocycles. The number of aryl methyl sites for hydroxylation is 1. The number of rotatable bonds is 1. The van der Waals surface area contributed by atoms with Gasteiger partial charge in [-0.15, -0.1) is 0 Å². The van der Waals surface area contributed by atoms with Crippen molar-refractivity contribution in [2.45, 2.75) is 6.92 Å². The third-order valence-corrected chi connectivity index (χ3v) is 3.17. The van der Waals surface area contributed by atoms with Gasteiger partial charge in [0.1, 0.15) is 0 Å². The van der Waals surface area contributed by atoms with Gasteiger partial charge >= 0.3 is 6.03 Å². The fourth-order valence-electron chi connectivity index (χ4n) is 2.02. The topological polar surface area (TPSA) is 36.8 Å². The van der Waals surface area contributed by atoms with Crippen molar-refractivity contribution in [1.29, 1.82) is 0 Å². The van der Waals surface area contributed by atoms with Gasteiger partial charge in [-0.05, 0) is 24.6 Å². The van der Waals surface area contributed by atoms with Gasteiger partial charge in [-0.25, -0.2) is 4.79 Å². The summed E-state index contributed by atoms with van der Waals surface area (Å²) in [5.74, 6) is 0. The summed E-state index contributed by atoms with van der Waals surface area (Å²) >= 11 is 0. The second-order valence-electron chi connectivity index (χ2n) is 4.74. The smallest absolute Gasteiger partial charge is 0.322 e.